The van der Waals surface area contributed by atoms with Crippen LogP contribution >= 0.6 is 0 Å². The van der Waals surface area contributed by atoms with E-state index in [9.17, 15) is 61.5 Å². The number of unbranched alkanes of at least 4 members (excludes halogenated alkanes) is 4. The van der Waals surface area contributed by atoms with Crippen LogP contribution in [0.1, 0.15) is 59.3 Å². The normalized spacial score (nSPS) is 12.5. The Hall–Kier alpha value is -3.19. The molecule has 7 rings (SSSR count). The molecule has 2 aromatic heterocycles. The number of carbonyl (C=O) groups is 1. The zero-order valence-corrected chi connectivity index (χ0v) is 52.6. The van der Waals surface area contributed by atoms with Crippen molar-refractivity contribution in [3.63, 3.8) is 0 Å². The quantitative estimate of drug-likeness (QED) is 0.0249. The number of carbonyl (C=O) groups excluding carboxylic acids is 1. The maximum atomic E-state index is 14.3. The van der Waals surface area contributed by atoms with E-state index in [1.54, 1.807) is 30.3 Å². The van der Waals surface area contributed by atoms with Crippen molar-refractivity contribution in [1.29, 1.82) is 0 Å². The monoisotopic (exact) mass is 1170 g/mol. The van der Waals surface area contributed by atoms with Crippen molar-refractivity contribution in [2.45, 2.75) is 58.2 Å². The molecule has 1 aliphatic rings. The number of fused-ring (bicyclic) bond motifs is 2. The van der Waals surface area contributed by atoms with Crippen LogP contribution in [-0.2, 0) is 72.5 Å². The molecule has 0 fully saturated rings. The molecule has 0 spiro atoms. The summed E-state index contributed by atoms with van der Waals surface area (Å²) < 4.78 is 175. The largest absolute Gasteiger partial charge is 1.00 e. The summed E-state index contributed by atoms with van der Waals surface area (Å²) in [4.78, 5) is 32.7. The van der Waals surface area contributed by atoms with Crippen LogP contribution in [0.3, 0.4) is 0 Å². The fraction of sp³-hybridized carbons (Fsp3) is 0.262. The van der Waals surface area contributed by atoms with E-state index < -0.39 is 82.7 Å². The van der Waals surface area contributed by atoms with Crippen molar-refractivity contribution in [2.75, 3.05) is 14.2 Å². The molecule has 0 saturated heterocycles. The predicted octanol–water partition coefficient (Wildman–Crippen LogP) is -8.94. The molecular formula is C42H37N5Na4O21S4. The van der Waals surface area contributed by atoms with Crippen LogP contribution in [0.5, 0.6) is 34.5 Å². The number of allylic oxidation sites excluding steroid dienone is 2. The molecule has 384 valence electrons. The number of hydrogen-bond donors (Lipinski definition) is 0. The number of benzene rings is 4. The topological polar surface area (TPSA) is 376 Å². The van der Waals surface area contributed by atoms with Gasteiger partial charge in [0.2, 0.25) is 5.78 Å². The van der Waals surface area contributed by atoms with E-state index in [-0.39, 0.29) is 182 Å². The molecule has 1 aliphatic carbocycles. The summed E-state index contributed by atoms with van der Waals surface area (Å²) in [5, 5.41) is 8.57. The number of nitrogens with zero attached hydrogens (tertiary/aromatic N) is 5. The molecular weight excluding hydrogens is 1130 g/mol. The molecule has 0 atom stereocenters. The number of aryl methyl sites for hydroxylation is 1. The van der Waals surface area contributed by atoms with Gasteiger partial charge >= 0.3 is 118 Å². The van der Waals surface area contributed by atoms with Gasteiger partial charge in [0.1, 0.15) is 18.1 Å². The average Bonchev–Trinajstić information content (AvgIpc) is 3.75. The van der Waals surface area contributed by atoms with Crippen molar-refractivity contribution in [3.8, 4) is 45.9 Å². The van der Waals surface area contributed by atoms with Crippen molar-refractivity contribution >= 4 is 63.9 Å². The van der Waals surface area contributed by atoms with Crippen molar-refractivity contribution in [3.05, 3.63) is 117 Å². The van der Waals surface area contributed by atoms with Crippen molar-refractivity contribution in [1.82, 2.24) is 24.5 Å². The first-order valence-corrected chi connectivity index (χ1v) is 26.2. The minimum Gasteiger partial charge on any atom is -0.716 e. The summed E-state index contributed by atoms with van der Waals surface area (Å²) in [5.41, 5.74) is 0.253. The summed E-state index contributed by atoms with van der Waals surface area (Å²) in [7, 11) is -19.3. The molecule has 0 bridgehead atoms. The summed E-state index contributed by atoms with van der Waals surface area (Å²) in [6.07, 6.45) is 4.52. The maximum absolute atomic E-state index is 14.3. The predicted molar refractivity (Wildman–Crippen MR) is 242 cm³/mol. The first-order chi connectivity index (χ1) is 33.9. The van der Waals surface area contributed by atoms with Gasteiger partial charge in [-0.3, -0.25) is 18.8 Å². The summed E-state index contributed by atoms with van der Waals surface area (Å²) >= 11 is 0. The Morgan fingerprint density at radius 3 is 1.78 bits per heavy atom. The minimum atomic E-state index is -5.60. The van der Waals surface area contributed by atoms with Gasteiger partial charge in [-0.2, -0.15) is 0 Å². The third-order valence-corrected chi connectivity index (χ3v) is 12.1. The number of Topliss-reactive ketones (excluding diaryl/α,β-unsaturated/α-hetero) is 1. The Balaban J connectivity index is 0.00000380. The SMILES string of the molecule is COc1ccc(-c2nc3ccccc3c(=O)n2CCCCCCCn2cc(COC3=C(c4ccc(OS(=O)(=O)[O-])c(OS(=O)(=O)[O-])c4)Cc4ccc(OS(=O)(=O)[O-])c(OC)c4C3=O)nn2)cc1OS(=O)(=O)[O-].[Na+].[Na+].[Na+].[Na+]. The van der Waals surface area contributed by atoms with Crippen LogP contribution < -0.4 is 150 Å². The molecule has 2 heterocycles. The zero-order valence-electron chi connectivity index (χ0n) is 41.3. The van der Waals surface area contributed by atoms with Crippen LogP contribution in [-0.4, -0.2) is 96.4 Å². The number of ketones is 1. The Labute approximate surface area is 523 Å². The molecule has 4 aromatic carbocycles. The van der Waals surface area contributed by atoms with Gasteiger partial charge < -0.3 is 49.2 Å². The van der Waals surface area contributed by atoms with E-state index >= 15 is 0 Å². The maximum Gasteiger partial charge on any atom is 1.00 e. The second kappa shape index (κ2) is 28.3. The van der Waals surface area contributed by atoms with Gasteiger partial charge in [0.15, 0.2) is 40.3 Å². The van der Waals surface area contributed by atoms with E-state index in [1.807, 2.05) is 0 Å². The van der Waals surface area contributed by atoms with Crippen molar-refractivity contribution < 1.29 is 206 Å². The van der Waals surface area contributed by atoms with Gasteiger partial charge in [-0.1, -0.05) is 48.7 Å². The zero-order chi connectivity index (χ0) is 52.2. The van der Waals surface area contributed by atoms with E-state index in [0.717, 1.165) is 37.8 Å². The van der Waals surface area contributed by atoms with Crippen LogP contribution in [0.25, 0.3) is 27.9 Å². The molecule has 0 aliphatic heterocycles. The summed E-state index contributed by atoms with van der Waals surface area (Å²) in [6, 6.07) is 15.8. The molecule has 34 heteroatoms. The van der Waals surface area contributed by atoms with Gasteiger partial charge in [-0.15, -0.1) is 5.10 Å². The number of rotatable bonds is 23. The molecule has 76 heavy (non-hydrogen) atoms. The van der Waals surface area contributed by atoms with Crippen LogP contribution in [0.15, 0.2) is 89.5 Å². The van der Waals surface area contributed by atoms with E-state index in [2.05, 4.69) is 32.0 Å². The summed E-state index contributed by atoms with van der Waals surface area (Å²) in [5.74, 6) is -4.78. The number of aromatic nitrogens is 5. The standard InChI is InChI=1S/C42H41N5O21S4.4Na/c1-62-32-15-14-27(22-35(32)67-71(56,57)58)41-43-31-11-7-6-10-29(31)42(49)47(41)19-9-5-3-4-8-18-46-23-28(44-45-46)24-64-39-30(25-12-16-33(65-69(50,51)52)36(21-25)68-72(59,60)61)20-26-13-17-34(66-70(53,54)55)40(63-2)37(26)38(39)48;;;;/h6-7,10-17,21-23H,3-5,8-9,18-20,24H2,1-2H3,(H,50,51,52)(H,53,54,55)(H,56,57,58)(H,59,60,61);;;;/q;4*+1/p-4. The van der Waals surface area contributed by atoms with Crippen molar-refractivity contribution in [2.24, 2.45) is 0 Å². The van der Waals surface area contributed by atoms with Gasteiger partial charge in [0.25, 0.3) is 47.2 Å². The average molecular weight is 1170 g/mol. The molecule has 0 N–H and O–H groups in total. The number of methoxy groups -OCH3 is 2. The van der Waals surface area contributed by atoms with E-state index in [0.29, 0.717) is 48.7 Å². The van der Waals surface area contributed by atoms with E-state index in [4.69, 9.17) is 14.2 Å². The smallest absolute Gasteiger partial charge is 0.716 e. The van der Waals surface area contributed by atoms with E-state index in [1.165, 1.54) is 40.8 Å². The van der Waals surface area contributed by atoms with Gasteiger partial charge in [0.05, 0.1) is 36.9 Å². The van der Waals surface area contributed by atoms with Crippen LogP contribution in [0.2, 0.25) is 0 Å². The fourth-order valence-corrected chi connectivity index (χ4v) is 9.07. The van der Waals surface area contributed by atoms with Crippen LogP contribution in [0, 0.1) is 0 Å². The molecule has 0 saturated carbocycles. The first kappa shape index (κ1) is 67.1. The second-order valence-electron chi connectivity index (χ2n) is 15.4. The van der Waals surface area contributed by atoms with Crippen LogP contribution in [0.4, 0.5) is 0 Å². The Kier molecular flexibility index (Phi) is 25.0. The van der Waals surface area contributed by atoms with Gasteiger partial charge in [-0.25, -0.2) is 38.7 Å². The molecule has 26 nitrogen and oxygen atoms in total. The third-order valence-electron chi connectivity index (χ3n) is 10.5. The Morgan fingerprint density at radius 2 is 1.14 bits per heavy atom. The first-order valence-electron chi connectivity index (χ1n) is 20.8. The third kappa shape index (κ3) is 17.9. The van der Waals surface area contributed by atoms with Gasteiger partial charge in [0, 0.05) is 30.6 Å². The Morgan fingerprint density at radius 1 is 0.605 bits per heavy atom. The summed E-state index contributed by atoms with van der Waals surface area (Å²) in [6.45, 7) is 0.182. The molecule has 6 aromatic rings. The molecule has 0 amide bonds. The number of hydrogen-bond acceptors (Lipinski definition) is 24. The Bertz CT molecular complexity index is 3660. The molecule has 0 unspecified atom stereocenters. The number of ether oxygens (including phenoxy) is 3. The van der Waals surface area contributed by atoms with Gasteiger partial charge in [-0.05, 0) is 72.5 Å². The minimum absolute atomic E-state index is 0. The molecule has 0 radical (unpaired) electrons. The second-order valence-corrected chi connectivity index (χ2v) is 19.3. The fourth-order valence-electron chi connectivity index (χ4n) is 7.66. The number of para-hydroxylation sites is 1.